The van der Waals surface area contributed by atoms with Crippen LogP contribution >= 0.6 is 11.8 Å². The molecule has 41 heavy (non-hydrogen) atoms. The number of nitrogens with one attached hydrogen (secondary N) is 2. The monoisotopic (exact) mass is 578 g/mol. The van der Waals surface area contributed by atoms with Gasteiger partial charge in [-0.2, -0.15) is 11.8 Å². The van der Waals surface area contributed by atoms with Gasteiger partial charge >= 0.3 is 11.6 Å². The second-order valence-electron chi connectivity index (χ2n) is 10.2. The van der Waals surface area contributed by atoms with Crippen molar-refractivity contribution in [3.8, 4) is 0 Å². The summed E-state index contributed by atoms with van der Waals surface area (Å²) in [7, 11) is 0. The number of carbonyl (C=O) groups is 3. The summed E-state index contributed by atoms with van der Waals surface area (Å²) >= 11 is 1.40. The molecule has 10 heteroatoms. The first kappa shape index (κ1) is 29.9. The molecule has 2 unspecified atom stereocenters. The van der Waals surface area contributed by atoms with Gasteiger partial charge in [0.15, 0.2) is 0 Å². The lowest BCUT2D eigenvalue weighted by molar-refractivity contribution is -0.141. The third-order valence-electron chi connectivity index (χ3n) is 7.11. The molecule has 216 valence electrons. The number of carboxylic acids is 1. The van der Waals surface area contributed by atoms with Crippen LogP contribution in [-0.2, 0) is 26.6 Å². The van der Waals surface area contributed by atoms with E-state index in [-0.39, 0.29) is 17.7 Å². The highest BCUT2D eigenvalue weighted by molar-refractivity contribution is 7.98. The Morgan fingerprint density at radius 1 is 0.976 bits per heavy atom. The van der Waals surface area contributed by atoms with Crippen molar-refractivity contribution < 1.29 is 28.3 Å². The molecule has 4 rings (SSSR count). The number of amides is 2. The molecule has 0 saturated carbocycles. The minimum atomic E-state index is -1.15. The summed E-state index contributed by atoms with van der Waals surface area (Å²) in [5, 5.41) is 16.5. The van der Waals surface area contributed by atoms with Gasteiger partial charge in [0.2, 0.25) is 11.8 Å². The van der Waals surface area contributed by atoms with E-state index in [1.54, 1.807) is 13.2 Å². The van der Waals surface area contributed by atoms with Crippen molar-refractivity contribution in [3.63, 3.8) is 0 Å². The third kappa shape index (κ3) is 6.82. The summed E-state index contributed by atoms with van der Waals surface area (Å²) in [5.41, 5.74) is 3.95. The number of thioether (sulfide) groups is 1. The zero-order valence-electron chi connectivity index (χ0n) is 23.5. The Bertz CT molecular complexity index is 1640. The van der Waals surface area contributed by atoms with Crippen LogP contribution in [-0.4, -0.2) is 40.7 Å². The molecular formula is C31H34N2O7S. The fraction of sp³-hybridized carbons (Fsp3) is 0.355. The molecular weight excluding hydrogens is 544 g/mol. The van der Waals surface area contributed by atoms with Gasteiger partial charge in [-0.3, -0.25) is 9.59 Å². The number of hydrogen-bond donors (Lipinski definition) is 3. The molecule has 2 atom stereocenters. The lowest BCUT2D eigenvalue weighted by Gasteiger charge is -2.21. The normalized spacial score (nSPS) is 12.8. The summed E-state index contributed by atoms with van der Waals surface area (Å²) in [6.45, 7) is 7.37. The van der Waals surface area contributed by atoms with Crippen molar-refractivity contribution in [3.05, 3.63) is 80.9 Å². The Labute approximate surface area is 241 Å². The van der Waals surface area contributed by atoms with Crippen molar-refractivity contribution >= 4 is 51.5 Å². The zero-order chi connectivity index (χ0) is 29.7. The van der Waals surface area contributed by atoms with Crippen LogP contribution in [0.5, 0.6) is 0 Å². The van der Waals surface area contributed by atoms with E-state index in [4.69, 9.17) is 8.83 Å². The number of rotatable bonds is 12. The summed E-state index contributed by atoms with van der Waals surface area (Å²) in [6.07, 6.45) is 2.25. The number of aliphatic carboxylic acids is 1. The van der Waals surface area contributed by atoms with Gasteiger partial charge in [-0.1, -0.05) is 43.7 Å². The average molecular weight is 579 g/mol. The number of aryl methyl sites for hydroxylation is 3. The van der Waals surface area contributed by atoms with E-state index in [0.717, 1.165) is 16.5 Å². The molecule has 3 N–H and O–H groups in total. The quantitative estimate of drug-likeness (QED) is 0.204. The predicted octanol–water partition coefficient (Wildman–Crippen LogP) is 4.79. The second kappa shape index (κ2) is 13.1. The van der Waals surface area contributed by atoms with Gasteiger partial charge < -0.3 is 24.6 Å². The number of fused-ring (bicyclic) bond motifs is 2. The van der Waals surface area contributed by atoms with Gasteiger partial charge in [0.05, 0.1) is 18.2 Å². The molecule has 0 aliphatic rings. The molecule has 2 heterocycles. The SMILES string of the molecule is CCCC(NC(=O)Cc1c(C)c2cc3c(C)coc3c(C)c2oc1=O)C(=O)NC(CSCc1ccccc1)C(=O)O. The molecule has 0 bridgehead atoms. The van der Waals surface area contributed by atoms with Crippen LogP contribution in [0.2, 0.25) is 0 Å². The first-order valence-corrected chi connectivity index (χ1v) is 14.6. The third-order valence-corrected chi connectivity index (χ3v) is 8.22. The van der Waals surface area contributed by atoms with E-state index in [9.17, 15) is 24.3 Å². The molecule has 0 fully saturated rings. The van der Waals surface area contributed by atoms with E-state index < -0.39 is 35.5 Å². The minimum Gasteiger partial charge on any atom is -0.480 e. The van der Waals surface area contributed by atoms with Gasteiger partial charge in [0.1, 0.15) is 23.2 Å². The molecule has 0 saturated heterocycles. The van der Waals surface area contributed by atoms with E-state index >= 15 is 0 Å². The van der Waals surface area contributed by atoms with E-state index in [2.05, 4.69) is 10.6 Å². The van der Waals surface area contributed by atoms with Crippen molar-refractivity contribution in [1.29, 1.82) is 0 Å². The molecule has 0 radical (unpaired) electrons. The maximum atomic E-state index is 13.1. The fourth-order valence-corrected chi connectivity index (χ4v) is 5.81. The van der Waals surface area contributed by atoms with Crippen LogP contribution in [0.4, 0.5) is 0 Å². The molecule has 4 aromatic rings. The summed E-state index contributed by atoms with van der Waals surface area (Å²) < 4.78 is 11.3. The Hall–Kier alpha value is -4.05. The Kier molecular flexibility index (Phi) is 9.54. The molecule has 2 aromatic carbocycles. The zero-order valence-corrected chi connectivity index (χ0v) is 24.4. The lowest BCUT2D eigenvalue weighted by Crippen LogP contribution is -2.52. The van der Waals surface area contributed by atoms with E-state index in [1.165, 1.54) is 11.8 Å². The number of carbonyl (C=O) groups excluding carboxylic acids is 2. The highest BCUT2D eigenvalue weighted by Gasteiger charge is 2.27. The Morgan fingerprint density at radius 3 is 2.39 bits per heavy atom. The first-order valence-electron chi connectivity index (χ1n) is 13.5. The van der Waals surface area contributed by atoms with Crippen molar-refractivity contribution in [2.75, 3.05) is 5.75 Å². The van der Waals surface area contributed by atoms with Gasteiger partial charge in [-0.15, -0.1) is 0 Å². The topological polar surface area (TPSA) is 139 Å². The van der Waals surface area contributed by atoms with Crippen molar-refractivity contribution in [2.24, 2.45) is 0 Å². The molecule has 9 nitrogen and oxygen atoms in total. The smallest absolute Gasteiger partial charge is 0.340 e. The summed E-state index contributed by atoms with van der Waals surface area (Å²) in [5.74, 6) is -1.49. The molecule has 2 aromatic heterocycles. The maximum Gasteiger partial charge on any atom is 0.340 e. The van der Waals surface area contributed by atoms with Crippen LogP contribution in [0, 0.1) is 20.8 Å². The van der Waals surface area contributed by atoms with Crippen LogP contribution in [0.15, 0.2) is 56.3 Å². The number of benzene rings is 2. The highest BCUT2D eigenvalue weighted by Crippen LogP contribution is 2.32. The van der Waals surface area contributed by atoms with Gasteiger partial charge in [0.25, 0.3) is 0 Å². The van der Waals surface area contributed by atoms with E-state index in [1.807, 2.05) is 57.2 Å². The molecule has 0 spiro atoms. The van der Waals surface area contributed by atoms with Crippen LogP contribution in [0.3, 0.4) is 0 Å². The maximum absolute atomic E-state index is 13.1. The lowest BCUT2D eigenvalue weighted by atomic mass is 9.99. The number of hydrogen-bond acceptors (Lipinski definition) is 7. The van der Waals surface area contributed by atoms with Gasteiger partial charge in [-0.05, 0) is 49.9 Å². The Morgan fingerprint density at radius 2 is 1.71 bits per heavy atom. The van der Waals surface area contributed by atoms with Crippen LogP contribution in [0.1, 0.15) is 47.6 Å². The standard InChI is InChI=1S/C31H34N2O7S/c1-5-9-24(29(35)33-25(30(36)37)16-41-15-20-10-7-6-8-11-20)32-26(34)13-23-18(3)22-12-21-17(2)14-39-27(21)19(4)28(22)40-31(23)38/h6-8,10-12,14,24-25H,5,9,13,15-16H2,1-4H3,(H,32,34)(H,33,35)(H,36,37). The predicted molar refractivity (Wildman–Crippen MR) is 159 cm³/mol. The summed E-state index contributed by atoms with van der Waals surface area (Å²) in [4.78, 5) is 50.9. The van der Waals surface area contributed by atoms with Crippen LogP contribution in [0.25, 0.3) is 21.9 Å². The largest absolute Gasteiger partial charge is 0.480 e. The number of furan rings is 1. The first-order chi connectivity index (χ1) is 19.6. The van der Waals surface area contributed by atoms with Crippen LogP contribution < -0.4 is 16.3 Å². The second-order valence-corrected chi connectivity index (χ2v) is 11.2. The Balaban J connectivity index is 1.46. The highest BCUT2D eigenvalue weighted by atomic mass is 32.2. The minimum absolute atomic E-state index is 0.170. The molecule has 0 aliphatic heterocycles. The summed E-state index contributed by atoms with van der Waals surface area (Å²) in [6, 6.07) is 9.46. The van der Waals surface area contributed by atoms with Crippen molar-refractivity contribution in [1.82, 2.24) is 10.6 Å². The van der Waals surface area contributed by atoms with E-state index in [0.29, 0.717) is 46.3 Å². The average Bonchev–Trinajstić information content (AvgIpc) is 3.32. The van der Waals surface area contributed by atoms with Gasteiger partial charge in [0, 0.05) is 27.8 Å². The van der Waals surface area contributed by atoms with Gasteiger partial charge in [-0.25, -0.2) is 9.59 Å². The molecule has 2 amide bonds. The fourth-order valence-electron chi connectivity index (χ4n) is 4.80. The van der Waals surface area contributed by atoms with Crippen molar-refractivity contribution in [2.45, 2.75) is 64.8 Å². The molecule has 0 aliphatic carbocycles. The number of carboxylic acid groups (broad SMARTS) is 1.